The molecule has 0 spiro atoms. The number of ether oxygens (including phenoxy) is 1. The van der Waals surface area contributed by atoms with Crippen molar-refractivity contribution in [1.82, 2.24) is 14.5 Å². The van der Waals surface area contributed by atoms with Gasteiger partial charge in [-0.3, -0.25) is 4.68 Å². The number of rotatable bonds is 6. The van der Waals surface area contributed by atoms with Crippen LogP contribution in [-0.2, 0) is 22.6 Å². The third-order valence-electron chi connectivity index (χ3n) is 4.10. The van der Waals surface area contributed by atoms with Gasteiger partial charge in [-0.15, -0.1) is 13.2 Å². The largest absolute Gasteiger partial charge is 0.573 e. The summed E-state index contributed by atoms with van der Waals surface area (Å²) in [6, 6.07) is 4.99. The average molecular weight is 405 g/mol. The lowest BCUT2D eigenvalue weighted by Crippen LogP contribution is -2.35. The Bertz CT molecular complexity index is 996. The molecule has 3 rings (SSSR count). The number of sulfonamides is 1. The molecule has 12 heteroatoms. The predicted molar refractivity (Wildman–Crippen MR) is 84.5 cm³/mol. The van der Waals surface area contributed by atoms with Gasteiger partial charge in [0.05, 0.1) is 11.7 Å². The van der Waals surface area contributed by atoms with Crippen molar-refractivity contribution < 1.29 is 36.2 Å². The number of hydrogen-bond donors (Lipinski definition) is 2. The first kappa shape index (κ1) is 19.2. The number of halogens is 3. The topological polar surface area (TPSA) is 111 Å². The van der Waals surface area contributed by atoms with Gasteiger partial charge >= 0.3 is 12.3 Å². The Morgan fingerprint density at radius 1 is 1.37 bits per heavy atom. The van der Waals surface area contributed by atoms with Crippen molar-refractivity contribution in [3.8, 4) is 5.75 Å². The maximum atomic E-state index is 12.7. The molecule has 1 aliphatic rings. The molecule has 0 atom stereocenters. The number of benzene rings is 1. The number of aromatic carboxylic acids is 1. The zero-order valence-electron chi connectivity index (χ0n) is 13.8. The number of carbonyl (C=O) groups is 1. The number of hydrogen-bond acceptors (Lipinski definition) is 5. The third kappa shape index (κ3) is 3.90. The van der Waals surface area contributed by atoms with Crippen molar-refractivity contribution in [3.63, 3.8) is 0 Å². The number of nitrogens with one attached hydrogen (secondary N) is 1. The van der Waals surface area contributed by atoms with Crippen LogP contribution >= 0.6 is 0 Å². The minimum Gasteiger partial charge on any atom is -0.476 e. The Morgan fingerprint density at radius 2 is 2.04 bits per heavy atom. The summed E-state index contributed by atoms with van der Waals surface area (Å²) >= 11 is 0. The highest BCUT2D eigenvalue weighted by atomic mass is 32.2. The van der Waals surface area contributed by atoms with Crippen LogP contribution < -0.4 is 9.46 Å². The summed E-state index contributed by atoms with van der Waals surface area (Å²) in [7, 11) is -3.00. The van der Waals surface area contributed by atoms with Crippen molar-refractivity contribution in [3.05, 3.63) is 41.7 Å². The van der Waals surface area contributed by atoms with Crippen molar-refractivity contribution in [2.75, 3.05) is 0 Å². The van der Waals surface area contributed by atoms with E-state index in [1.165, 1.54) is 19.2 Å². The lowest BCUT2D eigenvalue weighted by Gasteiger charge is -2.19. The highest BCUT2D eigenvalue weighted by molar-refractivity contribution is 7.89. The Balaban J connectivity index is 1.92. The van der Waals surface area contributed by atoms with Gasteiger partial charge in [0.2, 0.25) is 10.0 Å². The third-order valence-corrected chi connectivity index (χ3v) is 5.63. The molecule has 0 amide bonds. The summed E-state index contributed by atoms with van der Waals surface area (Å²) < 4.78 is 69.7. The van der Waals surface area contributed by atoms with E-state index in [2.05, 4.69) is 14.6 Å². The molecule has 2 aromatic rings. The number of aromatic nitrogens is 2. The molecule has 1 fully saturated rings. The van der Waals surface area contributed by atoms with Gasteiger partial charge in [-0.05, 0) is 30.5 Å². The summed E-state index contributed by atoms with van der Waals surface area (Å²) in [6.45, 7) is 0. The SMILES string of the molecule is Cn1ncc(S(=O)(=O)NC2(c3cccc(OC(F)(F)F)c3)CC2)c1C(=O)O. The summed E-state index contributed by atoms with van der Waals surface area (Å²) in [4.78, 5) is 10.8. The second-order valence-corrected chi connectivity index (χ2v) is 7.70. The standard InChI is InChI=1S/C15H14F3N3O5S/c1-21-12(13(22)23)11(8-19-21)27(24,25)20-14(5-6-14)9-3-2-4-10(7-9)26-15(16,17)18/h2-4,7-8,20H,5-6H2,1H3,(H,22,23). The van der Waals surface area contributed by atoms with Gasteiger partial charge in [0.25, 0.3) is 0 Å². The molecular weight excluding hydrogens is 391 g/mol. The van der Waals surface area contributed by atoms with Gasteiger partial charge in [-0.25, -0.2) is 17.9 Å². The van der Waals surface area contributed by atoms with E-state index in [0.717, 1.165) is 23.0 Å². The first-order valence-corrected chi connectivity index (χ1v) is 9.07. The molecule has 1 saturated carbocycles. The Labute approximate surface area is 151 Å². The number of carboxylic acids is 1. The van der Waals surface area contributed by atoms with Crippen molar-refractivity contribution in [2.24, 2.45) is 7.05 Å². The van der Waals surface area contributed by atoms with Crippen LogP contribution in [0.15, 0.2) is 35.4 Å². The first-order chi connectivity index (χ1) is 12.4. The molecule has 0 radical (unpaired) electrons. The molecule has 0 bridgehead atoms. The molecule has 146 valence electrons. The minimum absolute atomic E-state index is 0.286. The highest BCUT2D eigenvalue weighted by Crippen LogP contribution is 2.47. The Morgan fingerprint density at radius 3 is 2.59 bits per heavy atom. The van der Waals surface area contributed by atoms with Crippen LogP contribution in [0.4, 0.5) is 13.2 Å². The maximum Gasteiger partial charge on any atom is 0.573 e. The van der Waals surface area contributed by atoms with Crippen LogP contribution in [0.3, 0.4) is 0 Å². The van der Waals surface area contributed by atoms with Crippen molar-refractivity contribution >= 4 is 16.0 Å². The van der Waals surface area contributed by atoms with Crippen LogP contribution in [-0.4, -0.2) is 35.6 Å². The van der Waals surface area contributed by atoms with Gasteiger partial charge in [0.1, 0.15) is 10.6 Å². The Kier molecular flexibility index (Phi) is 4.43. The molecule has 1 heterocycles. The molecule has 27 heavy (non-hydrogen) atoms. The van der Waals surface area contributed by atoms with Crippen LogP contribution in [0.1, 0.15) is 28.9 Å². The molecule has 2 N–H and O–H groups in total. The van der Waals surface area contributed by atoms with E-state index in [1.807, 2.05) is 0 Å². The van der Waals surface area contributed by atoms with E-state index in [1.54, 1.807) is 0 Å². The van der Waals surface area contributed by atoms with Crippen LogP contribution in [0.2, 0.25) is 0 Å². The molecule has 8 nitrogen and oxygen atoms in total. The number of aryl methyl sites for hydroxylation is 1. The fourth-order valence-corrected chi connectivity index (χ4v) is 4.34. The molecule has 1 aromatic carbocycles. The van der Waals surface area contributed by atoms with E-state index in [0.29, 0.717) is 12.8 Å². The fraction of sp³-hybridized carbons (Fsp3) is 0.333. The van der Waals surface area contributed by atoms with Crippen LogP contribution in [0.25, 0.3) is 0 Å². The summed E-state index contributed by atoms with van der Waals surface area (Å²) in [6.07, 6.45) is -3.29. The molecule has 0 unspecified atom stereocenters. The molecule has 0 aliphatic heterocycles. The van der Waals surface area contributed by atoms with E-state index < -0.39 is 44.2 Å². The lowest BCUT2D eigenvalue weighted by molar-refractivity contribution is -0.274. The smallest absolute Gasteiger partial charge is 0.476 e. The number of alkyl halides is 3. The summed E-state index contributed by atoms with van der Waals surface area (Å²) in [5, 5.41) is 12.9. The van der Waals surface area contributed by atoms with Gasteiger partial charge < -0.3 is 9.84 Å². The fourth-order valence-electron chi connectivity index (χ4n) is 2.74. The van der Waals surface area contributed by atoms with Crippen LogP contribution in [0.5, 0.6) is 5.75 Å². The second kappa shape index (κ2) is 6.23. The van der Waals surface area contributed by atoms with Crippen molar-refractivity contribution in [1.29, 1.82) is 0 Å². The second-order valence-electron chi connectivity index (χ2n) is 6.05. The Hall–Kier alpha value is -2.60. The number of carboxylic acid groups (broad SMARTS) is 1. The van der Waals surface area contributed by atoms with E-state index >= 15 is 0 Å². The number of nitrogens with zero attached hydrogens (tertiary/aromatic N) is 2. The quantitative estimate of drug-likeness (QED) is 0.761. The first-order valence-electron chi connectivity index (χ1n) is 7.59. The lowest BCUT2D eigenvalue weighted by atomic mass is 10.1. The van der Waals surface area contributed by atoms with Crippen LogP contribution in [0, 0.1) is 0 Å². The van der Waals surface area contributed by atoms with Gasteiger partial charge in [0, 0.05) is 7.05 Å². The molecular formula is C15H14F3N3O5S. The average Bonchev–Trinajstić information content (AvgIpc) is 3.17. The summed E-state index contributed by atoms with van der Waals surface area (Å²) in [5.74, 6) is -1.95. The van der Waals surface area contributed by atoms with Gasteiger partial charge in [-0.2, -0.15) is 5.10 Å². The van der Waals surface area contributed by atoms with Gasteiger partial charge in [0.15, 0.2) is 5.69 Å². The predicted octanol–water partition coefficient (Wildman–Crippen LogP) is 1.98. The van der Waals surface area contributed by atoms with E-state index in [9.17, 15) is 31.5 Å². The maximum absolute atomic E-state index is 12.7. The summed E-state index contributed by atoms with van der Waals surface area (Å²) in [5.41, 5.74) is -1.36. The minimum atomic E-state index is -4.87. The van der Waals surface area contributed by atoms with E-state index in [4.69, 9.17) is 0 Å². The molecule has 1 aromatic heterocycles. The van der Waals surface area contributed by atoms with Crippen molar-refractivity contribution in [2.45, 2.75) is 29.6 Å². The normalized spacial score (nSPS) is 16.1. The highest BCUT2D eigenvalue weighted by Gasteiger charge is 2.48. The zero-order valence-corrected chi connectivity index (χ0v) is 14.6. The monoisotopic (exact) mass is 405 g/mol. The molecule has 0 saturated heterocycles. The van der Waals surface area contributed by atoms with E-state index in [-0.39, 0.29) is 5.56 Å². The van der Waals surface area contributed by atoms with Gasteiger partial charge in [-0.1, -0.05) is 12.1 Å². The molecule has 1 aliphatic carbocycles. The zero-order chi connectivity index (χ0) is 20.0.